The number of nitrogens with one attached hydrogen (secondary N) is 1. The lowest BCUT2D eigenvalue weighted by Gasteiger charge is -2.37. The second kappa shape index (κ2) is 14.9. The first-order chi connectivity index (χ1) is 25.2. The summed E-state index contributed by atoms with van der Waals surface area (Å²) in [6.45, 7) is 5.12. The molecule has 0 radical (unpaired) electrons. The van der Waals surface area contributed by atoms with E-state index in [-0.39, 0.29) is 23.8 Å². The largest absolute Gasteiger partial charge is 0.507 e. The number of imide groups is 1. The number of phenols is 1. The van der Waals surface area contributed by atoms with Crippen molar-refractivity contribution in [3.63, 3.8) is 0 Å². The first-order valence-corrected chi connectivity index (χ1v) is 17.9. The Morgan fingerprint density at radius 3 is 2.37 bits per heavy atom. The monoisotopic (exact) mass is 703 g/mol. The lowest BCUT2D eigenvalue weighted by atomic mass is 10.0. The first kappa shape index (κ1) is 34.7. The second-order valence-electron chi connectivity index (χ2n) is 13.9. The molecule has 0 saturated carbocycles. The van der Waals surface area contributed by atoms with Crippen LogP contribution in [0.4, 0.5) is 17.2 Å². The average molecular weight is 704 g/mol. The Bertz CT molecular complexity index is 2150. The Labute approximate surface area is 302 Å². The minimum atomic E-state index is -0.675. The van der Waals surface area contributed by atoms with Crippen LogP contribution in [0.25, 0.3) is 22.3 Å². The number of anilines is 3. The molecule has 52 heavy (non-hydrogen) atoms. The number of nitrogens with two attached hydrogens (primary N) is 1. The molecular formula is C39H45N9O4. The molecular weight excluding hydrogens is 658 g/mol. The van der Waals surface area contributed by atoms with Crippen LogP contribution in [-0.2, 0) is 29.6 Å². The number of carbonyl (C=O) groups is 2. The van der Waals surface area contributed by atoms with Gasteiger partial charge in [-0.05, 0) is 92.9 Å². The van der Waals surface area contributed by atoms with Crippen molar-refractivity contribution in [3.8, 4) is 17.0 Å². The number of amides is 2. The fourth-order valence-electron chi connectivity index (χ4n) is 7.38. The third kappa shape index (κ3) is 7.22. The number of fused-ring (bicyclic) bond motifs is 1. The predicted molar refractivity (Wildman–Crippen MR) is 202 cm³/mol. The van der Waals surface area contributed by atoms with E-state index in [1.54, 1.807) is 23.7 Å². The molecule has 13 nitrogen and oxygen atoms in total. The SMILES string of the molecule is CN(CCCCc1ccc2c(c1)n(C)c(=O)n2C1CCC(=O)NC1=O)Cc1ccc(N2CCN(c3cc(-c4ccccc4O)nnc3N)CC2)cc1. The Morgan fingerprint density at radius 2 is 1.62 bits per heavy atom. The van der Waals surface area contributed by atoms with Gasteiger partial charge in [0.05, 0.1) is 22.4 Å². The molecule has 0 aliphatic carbocycles. The third-order valence-electron chi connectivity index (χ3n) is 10.3. The molecule has 7 rings (SSSR count). The van der Waals surface area contributed by atoms with Crippen LogP contribution in [0, 0.1) is 0 Å². The van der Waals surface area contributed by atoms with Crippen molar-refractivity contribution in [3.05, 3.63) is 94.4 Å². The van der Waals surface area contributed by atoms with Crippen LogP contribution in [-0.4, -0.2) is 80.9 Å². The molecule has 2 aromatic heterocycles. The van der Waals surface area contributed by atoms with Crippen molar-refractivity contribution in [2.45, 2.75) is 44.7 Å². The van der Waals surface area contributed by atoms with E-state index in [0.717, 1.165) is 75.3 Å². The lowest BCUT2D eigenvalue weighted by molar-refractivity contribution is -0.135. The van der Waals surface area contributed by atoms with E-state index in [4.69, 9.17) is 5.73 Å². The number of rotatable bonds is 11. The summed E-state index contributed by atoms with van der Waals surface area (Å²) in [6, 6.07) is 23.2. The van der Waals surface area contributed by atoms with Gasteiger partial charge in [0.1, 0.15) is 11.8 Å². The fraction of sp³-hybridized carbons (Fsp3) is 0.359. The summed E-state index contributed by atoms with van der Waals surface area (Å²) in [5.41, 5.74) is 13.2. The van der Waals surface area contributed by atoms with Gasteiger partial charge in [0, 0.05) is 57.4 Å². The number of hydrogen-bond donors (Lipinski definition) is 3. The van der Waals surface area contributed by atoms with Crippen molar-refractivity contribution in [2.75, 3.05) is 55.3 Å². The normalized spacial score (nSPS) is 16.6. The molecule has 1 atom stereocenters. The quantitative estimate of drug-likeness (QED) is 0.137. The van der Waals surface area contributed by atoms with Crippen LogP contribution in [0.3, 0.4) is 0 Å². The number of aromatic hydroxyl groups is 1. The highest BCUT2D eigenvalue weighted by Gasteiger charge is 2.31. The number of unbranched alkanes of at least 4 members (excludes halogenated alkanes) is 1. The molecule has 3 aromatic carbocycles. The number of aromatic nitrogens is 4. The van der Waals surface area contributed by atoms with E-state index in [0.29, 0.717) is 29.0 Å². The maximum atomic E-state index is 13.1. The minimum Gasteiger partial charge on any atom is -0.507 e. The van der Waals surface area contributed by atoms with Crippen LogP contribution in [0.2, 0.25) is 0 Å². The van der Waals surface area contributed by atoms with Crippen molar-refractivity contribution in [2.24, 2.45) is 7.05 Å². The molecule has 2 aliphatic rings. The smallest absolute Gasteiger partial charge is 0.329 e. The van der Waals surface area contributed by atoms with Crippen LogP contribution in [0.1, 0.15) is 42.9 Å². The summed E-state index contributed by atoms with van der Waals surface area (Å²) < 4.78 is 3.11. The predicted octanol–water partition coefficient (Wildman–Crippen LogP) is 3.84. The van der Waals surface area contributed by atoms with Gasteiger partial charge in [-0.15, -0.1) is 10.2 Å². The van der Waals surface area contributed by atoms with Gasteiger partial charge in [-0.25, -0.2) is 4.79 Å². The lowest BCUT2D eigenvalue weighted by Crippen LogP contribution is -2.46. The zero-order chi connectivity index (χ0) is 36.4. The third-order valence-corrected chi connectivity index (χ3v) is 10.3. The van der Waals surface area contributed by atoms with Gasteiger partial charge in [-0.3, -0.25) is 24.0 Å². The molecule has 4 N–H and O–H groups in total. The standard InChI is InChI=1S/C39H45N9O4/c1-44(18-6-5-7-26-12-15-31-33(23-26)45(2)39(52)48(31)32-16-17-36(50)41-38(32)51)25-27-10-13-28(14-11-27)46-19-21-47(22-20-46)34-24-30(42-43-37(34)40)29-8-3-4-9-35(29)49/h3-4,8-15,23-24,32,49H,5-7,16-22,25H2,1-2H3,(H2,40,43)(H,41,50,51). The molecule has 0 spiro atoms. The van der Waals surface area contributed by atoms with E-state index in [1.807, 2.05) is 36.4 Å². The highest BCUT2D eigenvalue weighted by Crippen LogP contribution is 2.32. The maximum absolute atomic E-state index is 13.1. The summed E-state index contributed by atoms with van der Waals surface area (Å²) in [7, 11) is 3.88. The van der Waals surface area contributed by atoms with E-state index >= 15 is 0 Å². The summed E-state index contributed by atoms with van der Waals surface area (Å²) in [6.07, 6.45) is 3.50. The number of hydrogen-bond acceptors (Lipinski definition) is 10. The van der Waals surface area contributed by atoms with Crippen molar-refractivity contribution in [1.29, 1.82) is 0 Å². The van der Waals surface area contributed by atoms with Gasteiger partial charge in [-0.1, -0.05) is 30.3 Å². The second-order valence-corrected chi connectivity index (χ2v) is 13.9. The number of nitrogens with zero attached hydrogens (tertiary/aromatic N) is 7. The number of imidazole rings is 1. The van der Waals surface area contributed by atoms with Gasteiger partial charge in [0.15, 0.2) is 5.82 Å². The van der Waals surface area contributed by atoms with Crippen LogP contribution >= 0.6 is 0 Å². The Balaban J connectivity index is 0.878. The highest BCUT2D eigenvalue weighted by atomic mass is 16.3. The molecule has 0 bridgehead atoms. The molecule has 2 aliphatic heterocycles. The van der Waals surface area contributed by atoms with Crippen molar-refractivity contribution in [1.82, 2.24) is 29.5 Å². The van der Waals surface area contributed by atoms with Crippen molar-refractivity contribution < 1.29 is 14.7 Å². The Morgan fingerprint density at radius 1 is 0.885 bits per heavy atom. The summed E-state index contributed by atoms with van der Waals surface area (Å²) >= 11 is 0. The van der Waals surface area contributed by atoms with Gasteiger partial charge in [0.25, 0.3) is 0 Å². The number of aryl methyl sites for hydroxylation is 2. The molecule has 13 heteroatoms. The number of benzene rings is 3. The first-order valence-electron chi connectivity index (χ1n) is 17.9. The van der Waals surface area contributed by atoms with Crippen LogP contribution in [0.15, 0.2) is 77.6 Å². The molecule has 2 fully saturated rings. The summed E-state index contributed by atoms with van der Waals surface area (Å²) in [4.78, 5) is 44.2. The zero-order valence-corrected chi connectivity index (χ0v) is 29.7. The van der Waals surface area contributed by atoms with Gasteiger partial charge < -0.3 is 25.5 Å². The maximum Gasteiger partial charge on any atom is 0.329 e. The Kier molecular flexibility index (Phi) is 9.95. The van der Waals surface area contributed by atoms with E-state index in [1.165, 1.54) is 15.8 Å². The fourth-order valence-corrected chi connectivity index (χ4v) is 7.38. The number of nitrogen functional groups attached to an aromatic ring is 1. The topological polar surface area (TPSA) is 155 Å². The molecule has 4 heterocycles. The minimum absolute atomic E-state index is 0.162. The molecule has 270 valence electrons. The summed E-state index contributed by atoms with van der Waals surface area (Å²) in [5.74, 6) is -0.167. The molecule has 5 aromatic rings. The Hall–Kier alpha value is -5.69. The molecule has 2 amide bonds. The van der Waals surface area contributed by atoms with E-state index < -0.39 is 11.9 Å². The molecule has 1 unspecified atom stereocenters. The summed E-state index contributed by atoms with van der Waals surface area (Å²) in [5, 5.41) is 21.0. The van der Waals surface area contributed by atoms with Crippen LogP contribution in [0.5, 0.6) is 5.75 Å². The van der Waals surface area contributed by atoms with E-state index in [9.17, 15) is 19.5 Å². The van der Waals surface area contributed by atoms with Gasteiger partial charge >= 0.3 is 5.69 Å². The van der Waals surface area contributed by atoms with Crippen molar-refractivity contribution >= 4 is 40.0 Å². The van der Waals surface area contributed by atoms with Gasteiger partial charge in [-0.2, -0.15) is 0 Å². The number of para-hydroxylation sites is 1. The number of phenolic OH excluding ortho intramolecular Hbond substituents is 1. The number of piperazine rings is 1. The van der Waals surface area contributed by atoms with Gasteiger partial charge in [0.2, 0.25) is 11.8 Å². The van der Waals surface area contributed by atoms with E-state index in [2.05, 4.69) is 61.5 Å². The number of carbonyl (C=O) groups excluding carboxylic acids is 2. The average Bonchev–Trinajstić information content (AvgIpc) is 3.39. The number of piperidine rings is 1. The highest BCUT2D eigenvalue weighted by molar-refractivity contribution is 6.00. The van der Waals surface area contributed by atoms with Crippen LogP contribution < -0.4 is 26.5 Å². The molecule has 2 saturated heterocycles. The zero-order valence-electron chi connectivity index (χ0n) is 29.7.